The van der Waals surface area contributed by atoms with Crippen molar-refractivity contribution in [3.63, 3.8) is 0 Å². The Kier molecular flexibility index (Phi) is 7.06. The van der Waals surface area contributed by atoms with Gasteiger partial charge in [0.1, 0.15) is 0 Å². The van der Waals surface area contributed by atoms with E-state index >= 15 is 0 Å². The lowest BCUT2D eigenvalue weighted by Crippen LogP contribution is -2.31. The fourth-order valence-corrected chi connectivity index (χ4v) is 5.67. The van der Waals surface area contributed by atoms with Gasteiger partial charge in [0.05, 0.1) is 27.8 Å². The molecule has 1 amide bonds. The highest BCUT2D eigenvalue weighted by Gasteiger charge is 2.26. The average molecular weight is 511 g/mol. The van der Waals surface area contributed by atoms with Gasteiger partial charge < -0.3 is 0 Å². The van der Waals surface area contributed by atoms with Crippen molar-refractivity contribution in [1.29, 1.82) is 0 Å². The van der Waals surface area contributed by atoms with Gasteiger partial charge in [-0.05, 0) is 42.5 Å². The minimum Gasteiger partial charge on any atom is -0.298 e. The van der Waals surface area contributed by atoms with Crippen molar-refractivity contribution in [1.82, 2.24) is 9.97 Å². The third-order valence-electron chi connectivity index (χ3n) is 4.78. The highest BCUT2D eigenvalue weighted by atomic mass is 35.5. The number of thiazole rings is 1. The van der Waals surface area contributed by atoms with Gasteiger partial charge >= 0.3 is 0 Å². The summed E-state index contributed by atoms with van der Waals surface area (Å²) < 4.78 is 28.0. The van der Waals surface area contributed by atoms with Crippen LogP contribution in [0.15, 0.2) is 96.0 Å². The van der Waals surface area contributed by atoms with Crippen molar-refractivity contribution < 1.29 is 13.2 Å². The number of benzene rings is 2. The number of carbonyl (C=O) groups is 1. The van der Waals surface area contributed by atoms with E-state index in [2.05, 4.69) is 21.9 Å². The molecule has 0 spiro atoms. The Morgan fingerprint density at radius 1 is 1.15 bits per heavy atom. The minimum atomic E-state index is -4.02. The predicted octanol–water partition coefficient (Wildman–Crippen LogP) is 5.49. The molecule has 0 saturated heterocycles. The highest BCUT2D eigenvalue weighted by molar-refractivity contribution is 7.92. The third kappa shape index (κ3) is 5.01. The molecule has 0 saturated carbocycles. The van der Waals surface area contributed by atoms with Gasteiger partial charge in [0.15, 0.2) is 5.13 Å². The lowest BCUT2D eigenvalue weighted by atomic mass is 10.2. The van der Waals surface area contributed by atoms with Gasteiger partial charge in [0, 0.05) is 28.9 Å². The van der Waals surface area contributed by atoms with Crippen LogP contribution in [-0.2, 0) is 10.0 Å². The van der Waals surface area contributed by atoms with Gasteiger partial charge in [0.2, 0.25) is 0 Å². The van der Waals surface area contributed by atoms with Gasteiger partial charge in [-0.3, -0.25) is 19.4 Å². The summed E-state index contributed by atoms with van der Waals surface area (Å²) >= 11 is 7.52. The number of nitrogens with zero attached hydrogens (tertiary/aromatic N) is 3. The number of sulfonamides is 1. The Labute approximate surface area is 206 Å². The number of halogens is 1. The lowest BCUT2D eigenvalue weighted by molar-refractivity contribution is 0.102. The number of amides is 1. The first kappa shape index (κ1) is 23.6. The molecular formula is C24H19ClN4O3S2. The predicted molar refractivity (Wildman–Crippen MR) is 136 cm³/mol. The lowest BCUT2D eigenvalue weighted by Gasteiger charge is -2.24. The third-order valence-corrected chi connectivity index (χ3v) is 7.64. The normalized spacial score (nSPS) is 11.1. The molecule has 2 aromatic carbocycles. The number of carbonyl (C=O) groups excluding carboxylic acids is 1. The van der Waals surface area contributed by atoms with Crippen LogP contribution in [0.3, 0.4) is 0 Å². The summed E-state index contributed by atoms with van der Waals surface area (Å²) in [6, 6.07) is 16.1. The molecule has 0 aliphatic heterocycles. The number of para-hydroxylation sites is 1. The Morgan fingerprint density at radius 3 is 2.71 bits per heavy atom. The zero-order chi connectivity index (χ0) is 24.1. The summed E-state index contributed by atoms with van der Waals surface area (Å²) in [7, 11) is -4.02. The van der Waals surface area contributed by atoms with Crippen LogP contribution in [0.4, 0.5) is 10.8 Å². The molecule has 0 atom stereocenters. The first-order valence-corrected chi connectivity index (χ1v) is 12.8. The Bertz CT molecular complexity index is 1440. The summed E-state index contributed by atoms with van der Waals surface area (Å²) in [6.45, 7) is 3.67. The summed E-state index contributed by atoms with van der Waals surface area (Å²) in [5.74, 6) is -0.475. The van der Waals surface area contributed by atoms with Crippen LogP contribution in [-0.4, -0.2) is 30.8 Å². The van der Waals surface area contributed by atoms with E-state index in [1.54, 1.807) is 42.7 Å². The van der Waals surface area contributed by atoms with E-state index < -0.39 is 15.9 Å². The van der Waals surface area contributed by atoms with Crippen LogP contribution in [0.25, 0.3) is 11.3 Å². The maximum atomic E-state index is 13.4. The number of pyridine rings is 1. The molecule has 1 N–H and O–H groups in total. The van der Waals surface area contributed by atoms with Gasteiger partial charge in [-0.1, -0.05) is 35.9 Å². The van der Waals surface area contributed by atoms with E-state index in [0.717, 1.165) is 9.87 Å². The molecule has 10 heteroatoms. The highest BCUT2D eigenvalue weighted by Crippen LogP contribution is 2.31. The summed E-state index contributed by atoms with van der Waals surface area (Å²) in [6.07, 6.45) is 4.82. The molecule has 172 valence electrons. The minimum absolute atomic E-state index is 0.0126. The fraction of sp³-hybridized carbons (Fsp3) is 0.0417. The smallest absolute Gasteiger partial charge is 0.264 e. The SMILES string of the molecule is C=CCN(c1ccccc1Cl)S(=O)(=O)c1cccc(C(=O)Nc2nc(-c3cccnc3)cs2)c1. The Hall–Kier alpha value is -3.53. The topological polar surface area (TPSA) is 92.3 Å². The van der Waals surface area contributed by atoms with Crippen LogP contribution in [0, 0.1) is 0 Å². The molecule has 0 unspecified atom stereocenters. The standard InChI is InChI=1S/C24H19ClN4O3S2/c1-2-13-29(22-11-4-3-10-20(22)25)34(31,32)19-9-5-7-17(14-19)23(30)28-24-27-21(16-33-24)18-8-6-12-26-15-18/h2-12,14-16H,1,13H2,(H,27,28,30). The van der Waals surface area contributed by atoms with Crippen LogP contribution < -0.4 is 9.62 Å². The molecule has 0 aliphatic carbocycles. The zero-order valence-electron chi connectivity index (χ0n) is 17.8. The van der Waals surface area contributed by atoms with E-state index in [4.69, 9.17) is 11.6 Å². The molecule has 0 aliphatic rings. The van der Waals surface area contributed by atoms with Crippen molar-refractivity contribution >= 4 is 49.7 Å². The molecule has 34 heavy (non-hydrogen) atoms. The molecule has 7 nitrogen and oxygen atoms in total. The first-order chi connectivity index (χ1) is 16.4. The fourth-order valence-electron chi connectivity index (χ4n) is 3.17. The molecule has 0 bridgehead atoms. The largest absolute Gasteiger partial charge is 0.298 e. The average Bonchev–Trinajstić information content (AvgIpc) is 3.32. The second-order valence-corrected chi connectivity index (χ2v) is 10.2. The quantitative estimate of drug-likeness (QED) is 0.316. The number of aromatic nitrogens is 2. The monoisotopic (exact) mass is 510 g/mol. The van der Waals surface area contributed by atoms with Crippen molar-refractivity contribution in [2.24, 2.45) is 0 Å². The maximum absolute atomic E-state index is 13.4. The van der Waals surface area contributed by atoms with E-state index in [-0.39, 0.29) is 22.0 Å². The van der Waals surface area contributed by atoms with Gasteiger partial charge in [0.25, 0.3) is 15.9 Å². The summed E-state index contributed by atoms with van der Waals surface area (Å²) in [5.41, 5.74) is 2.01. The Morgan fingerprint density at radius 2 is 1.97 bits per heavy atom. The summed E-state index contributed by atoms with van der Waals surface area (Å²) in [4.78, 5) is 21.3. The van der Waals surface area contributed by atoms with Crippen molar-refractivity contribution in [3.8, 4) is 11.3 Å². The van der Waals surface area contributed by atoms with Crippen molar-refractivity contribution in [2.75, 3.05) is 16.2 Å². The number of nitrogens with one attached hydrogen (secondary N) is 1. The van der Waals surface area contributed by atoms with E-state index in [0.29, 0.717) is 16.5 Å². The Balaban J connectivity index is 1.59. The van der Waals surface area contributed by atoms with E-state index in [1.165, 1.54) is 41.7 Å². The molecular weight excluding hydrogens is 492 g/mol. The van der Waals surface area contributed by atoms with E-state index in [9.17, 15) is 13.2 Å². The van der Waals surface area contributed by atoms with Crippen molar-refractivity contribution in [3.05, 3.63) is 102 Å². The van der Waals surface area contributed by atoms with Gasteiger partial charge in [-0.2, -0.15) is 0 Å². The van der Waals surface area contributed by atoms with Crippen molar-refractivity contribution in [2.45, 2.75) is 4.90 Å². The maximum Gasteiger partial charge on any atom is 0.264 e. The molecule has 4 aromatic rings. The molecule has 2 aromatic heterocycles. The summed E-state index contributed by atoms with van der Waals surface area (Å²) in [5, 5.41) is 5.21. The zero-order valence-corrected chi connectivity index (χ0v) is 20.1. The van der Waals surface area contributed by atoms with Crippen LogP contribution >= 0.6 is 22.9 Å². The van der Waals surface area contributed by atoms with Gasteiger partial charge in [-0.15, -0.1) is 17.9 Å². The molecule has 4 rings (SSSR count). The van der Waals surface area contributed by atoms with Crippen LogP contribution in [0.5, 0.6) is 0 Å². The molecule has 2 heterocycles. The van der Waals surface area contributed by atoms with Crippen LogP contribution in [0.1, 0.15) is 10.4 Å². The number of hydrogen-bond donors (Lipinski definition) is 1. The molecule has 0 radical (unpaired) electrons. The number of hydrogen-bond acceptors (Lipinski definition) is 6. The second kappa shape index (κ2) is 10.2. The van der Waals surface area contributed by atoms with E-state index in [1.807, 2.05) is 11.4 Å². The number of anilines is 2. The second-order valence-electron chi connectivity index (χ2n) is 7.04. The first-order valence-electron chi connectivity index (χ1n) is 10.1. The van der Waals surface area contributed by atoms with Crippen LogP contribution in [0.2, 0.25) is 5.02 Å². The molecule has 0 fully saturated rings. The number of rotatable bonds is 8. The van der Waals surface area contributed by atoms with Gasteiger partial charge in [-0.25, -0.2) is 13.4 Å².